The average Bonchev–Trinajstić information content (AvgIpc) is 2.60. The zero-order valence-corrected chi connectivity index (χ0v) is 8.52. The predicted octanol–water partition coefficient (Wildman–Crippen LogP) is 1.59. The van der Waals surface area contributed by atoms with Crippen LogP contribution in [0.25, 0.3) is 0 Å². The summed E-state index contributed by atoms with van der Waals surface area (Å²) >= 11 is 0. The van der Waals surface area contributed by atoms with Crippen LogP contribution in [0.2, 0.25) is 0 Å². The molecule has 0 radical (unpaired) electrons. The molecule has 2 atom stereocenters. The molecule has 4 heteroatoms. The fraction of sp³-hybridized carbons (Fsp3) is 0.250. The smallest absolute Gasteiger partial charge is 0.333 e. The Hall–Kier alpha value is -1.68. The summed E-state index contributed by atoms with van der Waals surface area (Å²) in [6, 6.07) is 5.49. The first-order chi connectivity index (χ1) is 7.59. The largest absolute Gasteiger partial charge is 0.462 e. The molecule has 1 aromatic rings. The Balaban J connectivity index is 2.19. The number of aliphatic hydroxyl groups is 1. The molecule has 2 rings (SSSR count). The summed E-state index contributed by atoms with van der Waals surface area (Å²) in [6.07, 6.45) is -0.889. The molecule has 0 saturated carbocycles. The lowest BCUT2D eigenvalue weighted by Crippen LogP contribution is -2.14. The van der Waals surface area contributed by atoms with Gasteiger partial charge < -0.3 is 9.84 Å². The van der Waals surface area contributed by atoms with Crippen LogP contribution in [0.1, 0.15) is 11.7 Å². The SMILES string of the molecule is C=C1C(=O)OC[C@H]1[C@@H](O)c1ccc(F)cc1. The number of hydrogen-bond acceptors (Lipinski definition) is 3. The lowest BCUT2D eigenvalue weighted by molar-refractivity contribution is -0.135. The van der Waals surface area contributed by atoms with Crippen molar-refractivity contribution in [2.75, 3.05) is 6.61 Å². The lowest BCUT2D eigenvalue weighted by Gasteiger charge is -2.16. The van der Waals surface area contributed by atoms with Crippen LogP contribution in [0.4, 0.5) is 4.39 Å². The fourth-order valence-electron chi connectivity index (χ4n) is 1.68. The monoisotopic (exact) mass is 222 g/mol. The summed E-state index contributed by atoms with van der Waals surface area (Å²) in [5, 5.41) is 9.98. The number of hydrogen-bond donors (Lipinski definition) is 1. The number of aliphatic hydroxyl groups excluding tert-OH is 1. The van der Waals surface area contributed by atoms with Crippen molar-refractivity contribution in [3.05, 3.63) is 47.8 Å². The summed E-state index contributed by atoms with van der Waals surface area (Å²) in [4.78, 5) is 11.1. The molecule has 0 unspecified atom stereocenters. The summed E-state index contributed by atoms with van der Waals surface area (Å²) in [5.41, 5.74) is 0.808. The van der Waals surface area contributed by atoms with Crippen molar-refractivity contribution in [2.45, 2.75) is 6.10 Å². The Labute approximate surface area is 92.2 Å². The van der Waals surface area contributed by atoms with Crippen molar-refractivity contribution in [3.63, 3.8) is 0 Å². The molecule has 0 aliphatic carbocycles. The molecule has 16 heavy (non-hydrogen) atoms. The van der Waals surface area contributed by atoms with Crippen LogP contribution in [0.3, 0.4) is 0 Å². The van der Waals surface area contributed by atoms with Crippen molar-refractivity contribution in [1.29, 1.82) is 0 Å². The minimum absolute atomic E-state index is 0.121. The maximum Gasteiger partial charge on any atom is 0.333 e. The predicted molar refractivity (Wildman–Crippen MR) is 54.9 cm³/mol. The van der Waals surface area contributed by atoms with Crippen LogP contribution in [0.15, 0.2) is 36.4 Å². The van der Waals surface area contributed by atoms with Crippen LogP contribution in [-0.4, -0.2) is 17.7 Å². The van der Waals surface area contributed by atoms with Gasteiger partial charge >= 0.3 is 5.97 Å². The topological polar surface area (TPSA) is 46.5 Å². The van der Waals surface area contributed by atoms with Gasteiger partial charge in [-0.05, 0) is 17.7 Å². The van der Waals surface area contributed by atoms with Gasteiger partial charge in [0.2, 0.25) is 0 Å². The first-order valence-electron chi connectivity index (χ1n) is 4.89. The van der Waals surface area contributed by atoms with E-state index in [9.17, 15) is 14.3 Å². The molecule has 0 aromatic heterocycles. The number of cyclic esters (lactones) is 1. The maximum atomic E-state index is 12.7. The van der Waals surface area contributed by atoms with Crippen LogP contribution in [0, 0.1) is 11.7 Å². The Bertz CT molecular complexity index is 424. The number of carbonyl (C=O) groups excluding carboxylic acids is 1. The van der Waals surface area contributed by atoms with E-state index in [-0.39, 0.29) is 18.0 Å². The highest BCUT2D eigenvalue weighted by atomic mass is 19.1. The molecule has 1 aliphatic heterocycles. The second-order valence-electron chi connectivity index (χ2n) is 3.73. The molecular weight excluding hydrogens is 211 g/mol. The van der Waals surface area contributed by atoms with Gasteiger partial charge in [-0.2, -0.15) is 0 Å². The van der Waals surface area contributed by atoms with E-state index in [1.807, 2.05) is 0 Å². The van der Waals surface area contributed by atoms with Crippen molar-refractivity contribution < 1.29 is 19.0 Å². The Morgan fingerprint density at radius 2 is 2.06 bits per heavy atom. The summed E-state index contributed by atoms with van der Waals surface area (Å²) in [7, 11) is 0. The second kappa shape index (κ2) is 4.06. The molecule has 3 nitrogen and oxygen atoms in total. The van der Waals surface area contributed by atoms with Gasteiger partial charge in [-0.25, -0.2) is 9.18 Å². The van der Waals surface area contributed by atoms with Crippen LogP contribution >= 0.6 is 0 Å². The molecule has 1 heterocycles. The van der Waals surface area contributed by atoms with Crippen LogP contribution < -0.4 is 0 Å². The molecule has 1 fully saturated rings. The van der Waals surface area contributed by atoms with E-state index in [0.717, 1.165) is 0 Å². The number of esters is 1. The van der Waals surface area contributed by atoms with Gasteiger partial charge in [0.25, 0.3) is 0 Å². The van der Waals surface area contributed by atoms with Gasteiger partial charge in [0.15, 0.2) is 0 Å². The highest BCUT2D eigenvalue weighted by Crippen LogP contribution is 2.32. The fourth-order valence-corrected chi connectivity index (χ4v) is 1.68. The molecule has 0 amide bonds. The number of carbonyl (C=O) groups is 1. The van der Waals surface area contributed by atoms with E-state index in [4.69, 9.17) is 4.74 Å². The normalized spacial score (nSPS) is 22.0. The highest BCUT2D eigenvalue weighted by molar-refractivity contribution is 5.90. The summed E-state index contributed by atoms with van der Waals surface area (Å²) < 4.78 is 17.5. The Kier molecular flexibility index (Phi) is 2.75. The maximum absolute atomic E-state index is 12.7. The van der Waals surface area contributed by atoms with Gasteiger partial charge in [0, 0.05) is 5.57 Å². The third-order valence-corrected chi connectivity index (χ3v) is 2.70. The zero-order valence-electron chi connectivity index (χ0n) is 8.52. The standard InChI is InChI=1S/C12H11FO3/c1-7-10(6-16-12(7)15)11(14)8-2-4-9(13)5-3-8/h2-5,10-11,14H,1,6H2/t10-,11+/m1/s1. The van der Waals surface area contributed by atoms with Crippen molar-refractivity contribution >= 4 is 5.97 Å². The molecule has 1 N–H and O–H groups in total. The highest BCUT2D eigenvalue weighted by Gasteiger charge is 2.34. The molecule has 1 saturated heterocycles. The molecule has 84 valence electrons. The van der Waals surface area contributed by atoms with Crippen molar-refractivity contribution in [3.8, 4) is 0 Å². The number of rotatable bonds is 2. The summed E-state index contributed by atoms with van der Waals surface area (Å²) in [6.45, 7) is 3.69. The van der Waals surface area contributed by atoms with Gasteiger partial charge in [0.1, 0.15) is 12.4 Å². The lowest BCUT2D eigenvalue weighted by atomic mass is 9.92. The minimum Gasteiger partial charge on any atom is -0.462 e. The van der Waals surface area contributed by atoms with E-state index in [2.05, 4.69) is 6.58 Å². The molecule has 0 spiro atoms. The van der Waals surface area contributed by atoms with Crippen molar-refractivity contribution in [1.82, 2.24) is 0 Å². The number of halogens is 1. The van der Waals surface area contributed by atoms with Gasteiger partial charge in [-0.15, -0.1) is 0 Å². The Morgan fingerprint density at radius 1 is 1.44 bits per heavy atom. The third kappa shape index (κ3) is 1.84. The van der Waals surface area contributed by atoms with E-state index in [1.54, 1.807) is 0 Å². The van der Waals surface area contributed by atoms with E-state index < -0.39 is 18.0 Å². The number of benzene rings is 1. The molecule has 1 aromatic carbocycles. The van der Waals surface area contributed by atoms with E-state index >= 15 is 0 Å². The molecule has 0 bridgehead atoms. The number of ether oxygens (including phenoxy) is 1. The van der Waals surface area contributed by atoms with Crippen LogP contribution in [-0.2, 0) is 9.53 Å². The minimum atomic E-state index is -0.889. The average molecular weight is 222 g/mol. The quantitative estimate of drug-likeness (QED) is 0.610. The summed E-state index contributed by atoms with van der Waals surface area (Å²) in [5.74, 6) is -1.29. The van der Waals surface area contributed by atoms with Crippen LogP contribution in [0.5, 0.6) is 0 Å². The van der Waals surface area contributed by atoms with E-state index in [1.165, 1.54) is 24.3 Å². The van der Waals surface area contributed by atoms with Gasteiger partial charge in [0.05, 0.1) is 12.0 Å². The first-order valence-corrected chi connectivity index (χ1v) is 4.89. The van der Waals surface area contributed by atoms with E-state index in [0.29, 0.717) is 5.56 Å². The van der Waals surface area contributed by atoms with Gasteiger partial charge in [-0.1, -0.05) is 18.7 Å². The third-order valence-electron chi connectivity index (χ3n) is 2.70. The molecule has 1 aliphatic rings. The Morgan fingerprint density at radius 3 is 2.56 bits per heavy atom. The molecular formula is C12H11FO3. The second-order valence-corrected chi connectivity index (χ2v) is 3.73. The van der Waals surface area contributed by atoms with Gasteiger partial charge in [-0.3, -0.25) is 0 Å². The first kappa shape index (κ1) is 10.8. The zero-order chi connectivity index (χ0) is 11.7. The van der Waals surface area contributed by atoms with Crippen molar-refractivity contribution in [2.24, 2.45) is 5.92 Å².